The third-order valence-electron chi connectivity index (χ3n) is 2.81. The highest BCUT2D eigenvalue weighted by Gasteiger charge is 2.50. The van der Waals surface area contributed by atoms with Crippen LogP contribution < -0.4 is 5.73 Å². The van der Waals surface area contributed by atoms with Crippen molar-refractivity contribution in [2.45, 2.75) is 31.0 Å². The molecule has 0 spiro atoms. The van der Waals surface area contributed by atoms with Gasteiger partial charge in [0.25, 0.3) is 0 Å². The van der Waals surface area contributed by atoms with Crippen molar-refractivity contribution in [2.75, 3.05) is 0 Å². The lowest BCUT2D eigenvalue weighted by Gasteiger charge is -2.48. The van der Waals surface area contributed by atoms with Gasteiger partial charge in [-0.2, -0.15) is 0 Å². The van der Waals surface area contributed by atoms with Crippen LogP contribution in [0.25, 0.3) is 0 Å². The van der Waals surface area contributed by atoms with E-state index in [2.05, 4.69) is 0 Å². The summed E-state index contributed by atoms with van der Waals surface area (Å²) in [5, 5.41) is 9.10. The lowest BCUT2D eigenvalue weighted by atomic mass is 9.64. The number of nitrogens with two attached hydrogens (primary N) is 1. The first-order valence-electron chi connectivity index (χ1n) is 4.69. The van der Waals surface area contributed by atoms with Crippen LogP contribution in [-0.4, -0.2) is 10.8 Å². The van der Waals surface area contributed by atoms with E-state index in [0.29, 0.717) is 12.8 Å². The maximum atomic E-state index is 13.3. The van der Waals surface area contributed by atoms with Crippen molar-refractivity contribution in [3.8, 4) is 5.75 Å². The summed E-state index contributed by atoms with van der Waals surface area (Å²) in [6.07, 6.45) is 0.704. The Morgan fingerprint density at radius 1 is 1.29 bits per heavy atom. The number of alkyl halides is 1. The number of hydrogen-bond acceptors (Lipinski definition) is 2. The third kappa shape index (κ3) is 1.48. The molecule has 0 radical (unpaired) electrons. The number of aromatic hydroxyl groups is 1. The average molecular weight is 195 g/mol. The lowest BCUT2D eigenvalue weighted by molar-refractivity contribution is 0.00131. The van der Waals surface area contributed by atoms with Gasteiger partial charge in [0.2, 0.25) is 0 Å². The summed E-state index contributed by atoms with van der Waals surface area (Å²) in [5.41, 5.74) is 5.25. The summed E-state index contributed by atoms with van der Waals surface area (Å²) in [4.78, 5) is 0. The summed E-state index contributed by atoms with van der Waals surface area (Å²) in [5.74, 6) is 0.208. The van der Waals surface area contributed by atoms with Gasteiger partial charge in [-0.25, -0.2) is 4.39 Å². The van der Waals surface area contributed by atoms with E-state index >= 15 is 0 Å². The fraction of sp³-hybridized carbons (Fsp3) is 0.455. The number of hydrogen-bond donors (Lipinski definition) is 2. The molecule has 1 aliphatic carbocycles. The van der Waals surface area contributed by atoms with Gasteiger partial charge in [-0.15, -0.1) is 0 Å². The summed E-state index contributed by atoms with van der Waals surface area (Å²) in [6, 6.07) is 6.67. The van der Waals surface area contributed by atoms with Gasteiger partial charge in [0.15, 0.2) is 0 Å². The molecule has 0 amide bonds. The Labute approximate surface area is 82.5 Å². The van der Waals surface area contributed by atoms with Crippen molar-refractivity contribution in [1.29, 1.82) is 0 Å². The highest BCUT2D eigenvalue weighted by molar-refractivity contribution is 5.34. The molecule has 0 aromatic heterocycles. The molecular formula is C11H14FNO. The van der Waals surface area contributed by atoms with Crippen molar-refractivity contribution < 1.29 is 9.50 Å². The van der Waals surface area contributed by atoms with E-state index in [0.717, 1.165) is 5.56 Å². The molecule has 0 unspecified atom stereocenters. The molecule has 2 nitrogen and oxygen atoms in total. The van der Waals surface area contributed by atoms with Crippen LogP contribution in [0.4, 0.5) is 4.39 Å². The van der Waals surface area contributed by atoms with E-state index in [9.17, 15) is 4.39 Å². The van der Waals surface area contributed by atoms with Crippen molar-refractivity contribution in [1.82, 2.24) is 0 Å². The van der Waals surface area contributed by atoms with Crippen LogP contribution >= 0.6 is 0 Å². The summed E-state index contributed by atoms with van der Waals surface area (Å²) < 4.78 is 13.3. The molecule has 1 fully saturated rings. The van der Waals surface area contributed by atoms with Gasteiger partial charge in [-0.05, 0) is 24.6 Å². The predicted molar refractivity (Wildman–Crippen MR) is 52.7 cm³/mol. The van der Waals surface area contributed by atoms with Gasteiger partial charge in [-0.3, -0.25) is 0 Å². The minimum atomic E-state index is -1.13. The summed E-state index contributed by atoms with van der Waals surface area (Å²) in [7, 11) is 0. The smallest absolute Gasteiger partial charge is 0.115 e. The van der Waals surface area contributed by atoms with Crippen LogP contribution in [0.15, 0.2) is 24.3 Å². The maximum absolute atomic E-state index is 13.3. The number of phenolic OH excluding ortho intramolecular Hbond substituents is 1. The fourth-order valence-electron chi connectivity index (χ4n) is 2.26. The van der Waals surface area contributed by atoms with Gasteiger partial charge in [0.1, 0.15) is 11.4 Å². The molecule has 14 heavy (non-hydrogen) atoms. The predicted octanol–water partition coefficient (Wildman–Crippen LogP) is 2.07. The van der Waals surface area contributed by atoms with Gasteiger partial charge in [0, 0.05) is 18.4 Å². The number of rotatable bonds is 1. The Morgan fingerprint density at radius 2 is 1.79 bits per heavy atom. The molecule has 0 bridgehead atoms. The second kappa shape index (κ2) is 2.70. The Bertz CT molecular complexity index is 337. The lowest BCUT2D eigenvalue weighted by Crippen LogP contribution is -2.56. The molecule has 0 aliphatic heterocycles. The molecule has 3 heteroatoms. The highest BCUT2D eigenvalue weighted by Crippen LogP contribution is 2.48. The molecule has 0 heterocycles. The van der Waals surface area contributed by atoms with Crippen LogP contribution in [0.2, 0.25) is 0 Å². The van der Waals surface area contributed by atoms with E-state index in [-0.39, 0.29) is 5.75 Å². The van der Waals surface area contributed by atoms with E-state index in [1.165, 1.54) is 0 Å². The van der Waals surface area contributed by atoms with E-state index < -0.39 is 11.2 Å². The molecule has 1 aromatic carbocycles. The molecule has 76 valence electrons. The second-order valence-electron chi connectivity index (χ2n) is 4.47. The quantitative estimate of drug-likeness (QED) is 0.720. The standard InChI is InChI=1S/C11H14FNO/c1-10(12)6-11(13,7-10)8-2-4-9(14)5-3-8/h2-5,14H,6-7,13H2,1H3. The molecule has 1 aromatic rings. The monoisotopic (exact) mass is 195 g/mol. The SMILES string of the molecule is CC1(F)CC(N)(c2ccc(O)cc2)C1. The average Bonchev–Trinajstić information content (AvgIpc) is 2.01. The molecule has 1 saturated carbocycles. The minimum absolute atomic E-state index is 0.208. The highest BCUT2D eigenvalue weighted by atomic mass is 19.1. The zero-order valence-corrected chi connectivity index (χ0v) is 8.13. The third-order valence-corrected chi connectivity index (χ3v) is 2.81. The molecule has 2 rings (SSSR count). The summed E-state index contributed by atoms with van der Waals surface area (Å²) in [6.45, 7) is 1.57. The van der Waals surface area contributed by atoms with Crippen molar-refractivity contribution in [2.24, 2.45) is 5.73 Å². The van der Waals surface area contributed by atoms with E-state index in [1.807, 2.05) is 0 Å². The molecule has 0 saturated heterocycles. The van der Waals surface area contributed by atoms with E-state index in [4.69, 9.17) is 10.8 Å². The summed E-state index contributed by atoms with van der Waals surface area (Å²) >= 11 is 0. The van der Waals surface area contributed by atoms with Crippen LogP contribution in [-0.2, 0) is 5.54 Å². The fourth-order valence-corrected chi connectivity index (χ4v) is 2.26. The zero-order chi connectivity index (χ0) is 10.4. The minimum Gasteiger partial charge on any atom is -0.508 e. The molecular weight excluding hydrogens is 181 g/mol. The van der Waals surface area contributed by atoms with Crippen molar-refractivity contribution >= 4 is 0 Å². The Hall–Kier alpha value is -1.09. The van der Waals surface area contributed by atoms with Crippen molar-refractivity contribution in [3.05, 3.63) is 29.8 Å². The Morgan fingerprint density at radius 3 is 2.21 bits per heavy atom. The first-order chi connectivity index (χ1) is 6.41. The first-order valence-corrected chi connectivity index (χ1v) is 4.69. The Balaban J connectivity index is 2.21. The second-order valence-corrected chi connectivity index (χ2v) is 4.47. The van der Waals surface area contributed by atoms with Gasteiger partial charge in [-0.1, -0.05) is 12.1 Å². The number of benzene rings is 1. The molecule has 0 atom stereocenters. The van der Waals surface area contributed by atoms with Crippen LogP contribution in [0.5, 0.6) is 5.75 Å². The number of phenols is 1. The normalized spacial score (nSPS) is 36.5. The maximum Gasteiger partial charge on any atom is 0.115 e. The number of halogens is 1. The first kappa shape index (κ1) is 9.46. The molecule has 3 N–H and O–H groups in total. The Kier molecular flexibility index (Phi) is 1.83. The largest absolute Gasteiger partial charge is 0.508 e. The van der Waals surface area contributed by atoms with Crippen LogP contribution in [0.1, 0.15) is 25.3 Å². The van der Waals surface area contributed by atoms with Crippen LogP contribution in [0, 0.1) is 0 Å². The van der Waals surface area contributed by atoms with Gasteiger partial charge >= 0.3 is 0 Å². The van der Waals surface area contributed by atoms with E-state index in [1.54, 1.807) is 31.2 Å². The van der Waals surface area contributed by atoms with Crippen molar-refractivity contribution in [3.63, 3.8) is 0 Å². The van der Waals surface area contributed by atoms with Crippen LogP contribution in [0.3, 0.4) is 0 Å². The van der Waals surface area contributed by atoms with Gasteiger partial charge < -0.3 is 10.8 Å². The zero-order valence-electron chi connectivity index (χ0n) is 8.13. The van der Waals surface area contributed by atoms with Gasteiger partial charge in [0.05, 0.1) is 0 Å². The topological polar surface area (TPSA) is 46.2 Å². The molecule has 1 aliphatic rings.